The number of aliphatic hydroxyl groups is 1. The number of rotatable bonds is 5. The number of nitrogens with two attached hydrogens (primary N) is 1. The summed E-state index contributed by atoms with van der Waals surface area (Å²) in [7, 11) is 0. The van der Waals surface area contributed by atoms with Crippen LogP contribution in [0, 0.1) is 0 Å². The Kier molecular flexibility index (Phi) is 5.00. The first-order valence-electron chi connectivity index (χ1n) is 8.28. The highest BCUT2D eigenvalue weighted by Gasteiger charge is 2.62. The van der Waals surface area contributed by atoms with Gasteiger partial charge in [0.25, 0.3) is 0 Å². The van der Waals surface area contributed by atoms with E-state index >= 15 is 0 Å². The van der Waals surface area contributed by atoms with Crippen LogP contribution in [0.4, 0.5) is 5.82 Å². The van der Waals surface area contributed by atoms with Crippen molar-refractivity contribution in [2.45, 2.75) is 44.8 Å². The average molecular weight is 393 g/mol. The number of fused-ring (bicyclic) bond motifs is 1. The lowest BCUT2D eigenvalue weighted by atomic mass is 9.89. The maximum atomic E-state index is 12.4. The molecule has 0 aliphatic carbocycles. The van der Waals surface area contributed by atoms with Crippen molar-refractivity contribution in [3.05, 3.63) is 12.7 Å². The van der Waals surface area contributed by atoms with Crippen molar-refractivity contribution >= 4 is 34.7 Å². The van der Waals surface area contributed by atoms with Crippen molar-refractivity contribution < 1.29 is 33.7 Å². The minimum Gasteiger partial charge on any atom is -0.463 e. The smallest absolute Gasteiger partial charge is 0.303 e. The van der Waals surface area contributed by atoms with E-state index in [1.54, 1.807) is 0 Å². The molecule has 2 aromatic rings. The largest absolute Gasteiger partial charge is 0.463 e. The molecule has 3 heterocycles. The molecule has 0 radical (unpaired) electrons. The van der Waals surface area contributed by atoms with Gasteiger partial charge in [-0.1, -0.05) is 0 Å². The van der Waals surface area contributed by atoms with E-state index in [1.165, 1.54) is 24.1 Å². The Labute approximate surface area is 158 Å². The summed E-state index contributed by atoms with van der Waals surface area (Å²) in [6.07, 6.45) is -1.44. The number of Topliss-reactive ketones (excluding diaryl/α,β-unsaturated/α-hetero) is 1. The van der Waals surface area contributed by atoms with Gasteiger partial charge in [-0.15, -0.1) is 0 Å². The topological polar surface area (TPSA) is 169 Å². The Morgan fingerprint density at radius 2 is 1.96 bits per heavy atom. The fourth-order valence-corrected chi connectivity index (χ4v) is 3.13. The first-order valence-corrected chi connectivity index (χ1v) is 8.28. The SMILES string of the molecule is CC(=O)OC[C@H]1O[C@@H](n2cnc3c(N)ncnc32)[C@@](O)(C(C)=O)[C@@H]1OC(C)=O. The number of nitrogen functional groups attached to an aromatic ring is 1. The molecule has 4 atom stereocenters. The van der Waals surface area contributed by atoms with E-state index in [4.69, 9.17) is 19.9 Å². The highest BCUT2D eigenvalue weighted by molar-refractivity contribution is 5.88. The molecule has 3 rings (SSSR count). The molecule has 0 spiro atoms. The lowest BCUT2D eigenvalue weighted by molar-refractivity contribution is -0.170. The van der Waals surface area contributed by atoms with Crippen LogP contribution in [0.15, 0.2) is 12.7 Å². The zero-order valence-corrected chi connectivity index (χ0v) is 15.4. The summed E-state index contributed by atoms with van der Waals surface area (Å²) in [6.45, 7) is 3.09. The molecule has 1 saturated heterocycles. The molecular formula is C16H19N5O7. The minimum atomic E-state index is -2.29. The molecule has 0 aromatic carbocycles. The van der Waals surface area contributed by atoms with Crippen molar-refractivity contribution in [3.63, 3.8) is 0 Å². The number of anilines is 1. The van der Waals surface area contributed by atoms with Crippen LogP contribution in [0.2, 0.25) is 0 Å². The second kappa shape index (κ2) is 7.13. The first kappa shape index (κ1) is 19.6. The Bertz CT molecular complexity index is 945. The molecule has 0 unspecified atom stereocenters. The van der Waals surface area contributed by atoms with Crippen molar-refractivity contribution in [2.24, 2.45) is 0 Å². The number of hydrogen-bond donors (Lipinski definition) is 2. The van der Waals surface area contributed by atoms with Crippen molar-refractivity contribution in [1.82, 2.24) is 19.5 Å². The fourth-order valence-electron chi connectivity index (χ4n) is 3.13. The van der Waals surface area contributed by atoms with Crippen molar-refractivity contribution in [2.75, 3.05) is 12.3 Å². The summed E-state index contributed by atoms with van der Waals surface area (Å²) in [5.41, 5.74) is 3.93. The van der Waals surface area contributed by atoms with Gasteiger partial charge in [0, 0.05) is 13.8 Å². The van der Waals surface area contributed by atoms with Crippen LogP contribution in [0.3, 0.4) is 0 Å². The Balaban J connectivity index is 2.10. The number of ether oxygens (including phenoxy) is 3. The summed E-state index contributed by atoms with van der Waals surface area (Å²) < 4.78 is 17.2. The summed E-state index contributed by atoms with van der Waals surface area (Å²) in [5.74, 6) is -1.98. The molecule has 1 aliphatic rings. The molecule has 12 nitrogen and oxygen atoms in total. The van der Waals surface area contributed by atoms with Gasteiger partial charge in [0.15, 0.2) is 29.6 Å². The van der Waals surface area contributed by atoms with Crippen LogP contribution in [-0.2, 0) is 28.6 Å². The van der Waals surface area contributed by atoms with Crippen LogP contribution < -0.4 is 5.73 Å². The summed E-state index contributed by atoms with van der Waals surface area (Å²) in [6, 6.07) is 0. The zero-order valence-electron chi connectivity index (χ0n) is 15.4. The Morgan fingerprint density at radius 1 is 1.25 bits per heavy atom. The predicted molar refractivity (Wildman–Crippen MR) is 91.5 cm³/mol. The number of ketones is 1. The predicted octanol–water partition coefficient (Wildman–Crippen LogP) is -0.879. The summed E-state index contributed by atoms with van der Waals surface area (Å²) in [4.78, 5) is 47.2. The van der Waals surface area contributed by atoms with Gasteiger partial charge >= 0.3 is 11.9 Å². The van der Waals surface area contributed by atoms with Gasteiger partial charge in [0.2, 0.25) is 5.60 Å². The van der Waals surface area contributed by atoms with Crippen molar-refractivity contribution in [3.8, 4) is 0 Å². The van der Waals surface area contributed by atoms with E-state index in [0.29, 0.717) is 0 Å². The maximum Gasteiger partial charge on any atom is 0.303 e. The van der Waals surface area contributed by atoms with Gasteiger partial charge in [-0.25, -0.2) is 15.0 Å². The first-order chi connectivity index (χ1) is 13.2. The summed E-state index contributed by atoms with van der Waals surface area (Å²) >= 11 is 0. The third-order valence-electron chi connectivity index (χ3n) is 4.40. The molecular weight excluding hydrogens is 374 g/mol. The molecule has 0 saturated carbocycles. The molecule has 12 heteroatoms. The minimum absolute atomic E-state index is 0.0983. The third-order valence-corrected chi connectivity index (χ3v) is 4.40. The second-order valence-electron chi connectivity index (χ2n) is 6.32. The highest BCUT2D eigenvalue weighted by atomic mass is 16.6. The maximum absolute atomic E-state index is 12.4. The Hall–Kier alpha value is -3.12. The molecule has 150 valence electrons. The molecule has 2 aromatic heterocycles. The fraction of sp³-hybridized carbons (Fsp3) is 0.500. The van der Waals surface area contributed by atoms with Gasteiger partial charge < -0.3 is 25.1 Å². The highest BCUT2D eigenvalue weighted by Crippen LogP contribution is 2.42. The Morgan fingerprint density at radius 3 is 2.57 bits per heavy atom. The van der Waals surface area contributed by atoms with Crippen LogP contribution in [0.5, 0.6) is 0 Å². The number of imidazole rings is 1. The van der Waals surface area contributed by atoms with Crippen molar-refractivity contribution in [1.29, 1.82) is 0 Å². The van der Waals surface area contributed by atoms with Crippen LogP contribution in [0.25, 0.3) is 11.2 Å². The zero-order chi connectivity index (χ0) is 20.6. The normalized spacial score (nSPS) is 26.9. The molecule has 0 amide bonds. The monoisotopic (exact) mass is 393 g/mol. The molecule has 3 N–H and O–H groups in total. The number of aromatic nitrogens is 4. The standard InChI is InChI=1S/C16H19N5O7/c1-7(22)16(25)12(27-9(3)24)10(4-26-8(2)23)28-15(16)21-6-20-11-13(17)18-5-19-14(11)21/h5-6,10,12,15,25H,4H2,1-3H3,(H2,17,18,19)/t10-,12-,15-,16-/m1/s1. The lowest BCUT2D eigenvalue weighted by Crippen LogP contribution is -2.54. The number of nitrogens with zero attached hydrogens (tertiary/aromatic N) is 4. The number of carbonyl (C=O) groups is 3. The van der Waals surface area contributed by atoms with Gasteiger partial charge in [-0.3, -0.25) is 19.0 Å². The number of carbonyl (C=O) groups excluding carboxylic acids is 3. The van der Waals surface area contributed by atoms with E-state index < -0.39 is 41.8 Å². The quantitative estimate of drug-likeness (QED) is 0.605. The van der Waals surface area contributed by atoms with Gasteiger partial charge in [-0.2, -0.15) is 0 Å². The van der Waals surface area contributed by atoms with Crippen LogP contribution in [-0.4, -0.2) is 66.8 Å². The van der Waals surface area contributed by atoms with E-state index in [2.05, 4.69) is 15.0 Å². The lowest BCUT2D eigenvalue weighted by Gasteiger charge is -2.31. The van der Waals surface area contributed by atoms with E-state index in [-0.39, 0.29) is 23.6 Å². The third kappa shape index (κ3) is 3.16. The van der Waals surface area contributed by atoms with Crippen LogP contribution >= 0.6 is 0 Å². The van der Waals surface area contributed by atoms with Gasteiger partial charge in [0.1, 0.15) is 24.6 Å². The molecule has 1 aliphatic heterocycles. The molecule has 28 heavy (non-hydrogen) atoms. The van der Waals surface area contributed by atoms with E-state index in [0.717, 1.165) is 13.8 Å². The van der Waals surface area contributed by atoms with Gasteiger partial charge in [0.05, 0.1) is 6.33 Å². The van der Waals surface area contributed by atoms with Crippen LogP contribution in [0.1, 0.15) is 27.0 Å². The van der Waals surface area contributed by atoms with Gasteiger partial charge in [-0.05, 0) is 6.92 Å². The average Bonchev–Trinajstić information content (AvgIpc) is 3.15. The molecule has 1 fully saturated rings. The van der Waals surface area contributed by atoms with E-state index in [1.807, 2.05) is 0 Å². The summed E-state index contributed by atoms with van der Waals surface area (Å²) in [5, 5.41) is 11.3. The number of hydrogen-bond acceptors (Lipinski definition) is 11. The number of esters is 2. The van der Waals surface area contributed by atoms with E-state index in [9.17, 15) is 19.5 Å². The second-order valence-corrected chi connectivity index (χ2v) is 6.32. The molecule has 0 bridgehead atoms.